The van der Waals surface area contributed by atoms with Gasteiger partial charge in [0.05, 0.1) is 25.0 Å². The van der Waals surface area contributed by atoms with Gasteiger partial charge in [0, 0.05) is 12.3 Å². The molecule has 7 nitrogen and oxygen atoms in total. The van der Waals surface area contributed by atoms with Gasteiger partial charge in [-0.05, 0) is 58.9 Å². The highest BCUT2D eigenvalue weighted by Crippen LogP contribution is 2.28. The number of hydrogen-bond donors (Lipinski definition) is 0. The zero-order valence-electron chi connectivity index (χ0n) is 17.1. The number of pyridine rings is 1. The summed E-state index contributed by atoms with van der Waals surface area (Å²) in [7, 11) is 1.33. The Hall–Kier alpha value is -3.09. The summed E-state index contributed by atoms with van der Waals surface area (Å²) in [5.74, 6) is 1.17. The van der Waals surface area contributed by atoms with E-state index in [1.807, 2.05) is 34.6 Å². The van der Waals surface area contributed by atoms with Crippen LogP contribution >= 0.6 is 0 Å². The number of esters is 1. The van der Waals surface area contributed by atoms with Crippen LogP contribution in [-0.4, -0.2) is 36.2 Å². The second-order valence-electron chi connectivity index (χ2n) is 6.97. The summed E-state index contributed by atoms with van der Waals surface area (Å²) in [6.45, 7) is 9.74. The highest BCUT2D eigenvalue weighted by molar-refractivity contribution is 5.90. The summed E-state index contributed by atoms with van der Waals surface area (Å²) in [5.41, 5.74) is 0.0522. The Morgan fingerprint density at radius 1 is 1.11 bits per heavy atom. The van der Waals surface area contributed by atoms with Gasteiger partial charge in [0.2, 0.25) is 0 Å². The summed E-state index contributed by atoms with van der Waals surface area (Å²) in [6.07, 6.45) is 3.24. The fourth-order valence-corrected chi connectivity index (χ4v) is 1.89. The Balaban J connectivity index is 0.000000480. The highest BCUT2D eigenvalue weighted by atomic mass is 16.5. The number of hydrogen-bond acceptors (Lipinski definition) is 7. The van der Waals surface area contributed by atoms with E-state index < -0.39 is 5.97 Å². The van der Waals surface area contributed by atoms with Crippen LogP contribution in [0.3, 0.4) is 0 Å². The molecule has 0 aliphatic rings. The summed E-state index contributed by atoms with van der Waals surface area (Å²) >= 11 is 0. The van der Waals surface area contributed by atoms with Gasteiger partial charge in [-0.25, -0.2) is 4.79 Å². The van der Waals surface area contributed by atoms with E-state index in [2.05, 4.69) is 9.72 Å². The van der Waals surface area contributed by atoms with E-state index in [0.29, 0.717) is 29.3 Å². The van der Waals surface area contributed by atoms with Crippen molar-refractivity contribution in [1.82, 2.24) is 4.98 Å². The van der Waals surface area contributed by atoms with Gasteiger partial charge >= 0.3 is 5.97 Å². The molecule has 152 valence electrons. The van der Waals surface area contributed by atoms with Crippen LogP contribution in [-0.2, 0) is 14.3 Å². The summed E-state index contributed by atoms with van der Waals surface area (Å²) in [4.78, 5) is 25.3. The monoisotopic (exact) mass is 389 g/mol. The molecule has 0 spiro atoms. The maximum Gasteiger partial charge on any atom is 0.338 e. The van der Waals surface area contributed by atoms with Gasteiger partial charge in [-0.2, -0.15) is 0 Å². The van der Waals surface area contributed by atoms with Gasteiger partial charge in [-0.15, -0.1) is 0 Å². The van der Waals surface area contributed by atoms with Gasteiger partial charge in [0.1, 0.15) is 22.8 Å². The van der Waals surface area contributed by atoms with E-state index in [-0.39, 0.29) is 11.7 Å². The molecule has 2 rings (SSSR count). The predicted octanol–water partition coefficient (Wildman–Crippen LogP) is 4.41. The molecule has 1 heterocycles. The molecule has 0 aliphatic carbocycles. The molecule has 0 saturated heterocycles. The van der Waals surface area contributed by atoms with Crippen molar-refractivity contribution < 1.29 is 28.5 Å². The van der Waals surface area contributed by atoms with Gasteiger partial charge in [0.25, 0.3) is 6.47 Å². The van der Waals surface area contributed by atoms with Crippen LogP contribution < -0.4 is 9.47 Å². The van der Waals surface area contributed by atoms with Crippen molar-refractivity contribution in [2.75, 3.05) is 7.11 Å². The van der Waals surface area contributed by atoms with Crippen LogP contribution in [0.1, 0.15) is 45.0 Å². The summed E-state index contributed by atoms with van der Waals surface area (Å²) in [5, 5.41) is 0. The third-order valence-electron chi connectivity index (χ3n) is 2.94. The van der Waals surface area contributed by atoms with Crippen LogP contribution in [0.25, 0.3) is 0 Å². The van der Waals surface area contributed by atoms with Gasteiger partial charge in [0.15, 0.2) is 0 Å². The number of methoxy groups -OCH3 is 1. The lowest BCUT2D eigenvalue weighted by molar-refractivity contribution is -0.138. The van der Waals surface area contributed by atoms with Crippen LogP contribution in [0.15, 0.2) is 42.7 Å². The van der Waals surface area contributed by atoms with E-state index in [1.165, 1.54) is 7.11 Å². The third-order valence-corrected chi connectivity index (χ3v) is 2.94. The van der Waals surface area contributed by atoms with Gasteiger partial charge in [-0.1, -0.05) is 0 Å². The maximum atomic E-state index is 11.7. The zero-order valence-corrected chi connectivity index (χ0v) is 17.1. The van der Waals surface area contributed by atoms with Crippen LogP contribution in [0, 0.1) is 0 Å². The lowest BCUT2D eigenvalue weighted by atomic mass is 10.2. The minimum absolute atomic E-state index is 0.0101. The number of ether oxygens (including phenoxy) is 4. The third kappa shape index (κ3) is 9.02. The second-order valence-corrected chi connectivity index (χ2v) is 6.97. The van der Waals surface area contributed by atoms with Crippen LogP contribution in [0.5, 0.6) is 17.2 Å². The van der Waals surface area contributed by atoms with Gasteiger partial charge in [-0.3, -0.25) is 9.78 Å². The second kappa shape index (κ2) is 10.9. The molecule has 1 aromatic heterocycles. The fourth-order valence-electron chi connectivity index (χ4n) is 1.89. The highest BCUT2D eigenvalue weighted by Gasteiger charge is 2.12. The number of rotatable bonds is 6. The van der Waals surface area contributed by atoms with Crippen LogP contribution in [0.4, 0.5) is 0 Å². The number of benzene rings is 1. The molecule has 0 N–H and O–H groups in total. The number of aromatic nitrogens is 1. The van der Waals surface area contributed by atoms with Crippen molar-refractivity contribution in [3.8, 4) is 17.2 Å². The molecule has 28 heavy (non-hydrogen) atoms. The number of carbonyl (C=O) groups is 2. The van der Waals surface area contributed by atoms with Crippen LogP contribution in [0.2, 0.25) is 0 Å². The summed E-state index contributed by atoms with van der Waals surface area (Å²) in [6, 6.07) is 8.50. The smallest absolute Gasteiger partial charge is 0.338 e. The first kappa shape index (κ1) is 23.0. The van der Waals surface area contributed by atoms with Gasteiger partial charge < -0.3 is 18.9 Å². The molecule has 0 unspecified atom stereocenters. The molecule has 0 saturated carbocycles. The molecule has 0 atom stereocenters. The lowest BCUT2D eigenvalue weighted by Gasteiger charge is -2.14. The van der Waals surface area contributed by atoms with Crippen molar-refractivity contribution in [3.05, 3.63) is 48.3 Å². The van der Waals surface area contributed by atoms with E-state index in [0.717, 1.165) is 0 Å². The zero-order chi connectivity index (χ0) is 21.2. The molecule has 0 bridgehead atoms. The van der Waals surface area contributed by atoms with Crippen molar-refractivity contribution in [3.63, 3.8) is 0 Å². The molecular weight excluding hydrogens is 362 g/mol. The molecule has 0 fully saturated rings. The lowest BCUT2D eigenvalue weighted by Crippen LogP contribution is -2.17. The van der Waals surface area contributed by atoms with E-state index >= 15 is 0 Å². The molecule has 0 amide bonds. The summed E-state index contributed by atoms with van der Waals surface area (Å²) < 4.78 is 20.6. The van der Waals surface area contributed by atoms with Crippen molar-refractivity contribution in [1.29, 1.82) is 0 Å². The molecular formula is C21H27NO6. The minimum Gasteiger partial charge on any atom is -0.491 e. The molecule has 2 aromatic rings. The first-order valence-electron chi connectivity index (χ1n) is 8.74. The average Bonchev–Trinajstić information content (AvgIpc) is 2.60. The Labute approximate surface area is 165 Å². The first-order valence-corrected chi connectivity index (χ1v) is 8.74. The maximum absolute atomic E-state index is 11.7. The Kier molecular flexibility index (Phi) is 8.95. The fraction of sp³-hybridized carbons (Fsp3) is 0.381. The Morgan fingerprint density at radius 2 is 1.79 bits per heavy atom. The Morgan fingerprint density at radius 3 is 2.25 bits per heavy atom. The number of nitrogens with zero attached hydrogens (tertiary/aromatic N) is 1. The standard InChI is InChI=1S/C16H17NO4.C5H10O2/c1-11(2)20-14-7-12(16(18)19-3)8-15(9-14)21-13-5-4-6-17-10-13;1-5(2,3)7-4-6/h4-11H,1-3H3;4H,1-3H3. The van der Waals surface area contributed by atoms with Crippen molar-refractivity contribution >= 4 is 12.4 Å². The Bertz CT molecular complexity index is 753. The minimum atomic E-state index is -0.444. The topological polar surface area (TPSA) is 84.0 Å². The van der Waals surface area contributed by atoms with E-state index in [1.54, 1.807) is 42.7 Å². The first-order chi connectivity index (χ1) is 13.1. The molecule has 7 heteroatoms. The number of carbonyl (C=O) groups excluding carboxylic acids is 2. The molecule has 0 aliphatic heterocycles. The predicted molar refractivity (Wildman–Crippen MR) is 105 cm³/mol. The van der Waals surface area contributed by atoms with Crippen molar-refractivity contribution in [2.45, 2.75) is 46.3 Å². The largest absolute Gasteiger partial charge is 0.491 e. The quantitative estimate of drug-likeness (QED) is 0.534. The van der Waals surface area contributed by atoms with E-state index in [9.17, 15) is 9.59 Å². The average molecular weight is 389 g/mol. The van der Waals surface area contributed by atoms with E-state index in [4.69, 9.17) is 14.2 Å². The molecule has 1 aromatic carbocycles. The SMILES string of the molecule is CC(C)(C)OC=O.COC(=O)c1cc(Oc2cccnc2)cc(OC(C)C)c1. The normalized spacial score (nSPS) is 10.4. The molecule has 0 radical (unpaired) electrons. The van der Waals surface area contributed by atoms with Crippen molar-refractivity contribution in [2.24, 2.45) is 0 Å².